The number of aromatic amines is 1. The highest BCUT2D eigenvalue weighted by atomic mass is 16.4. The monoisotopic (exact) mass is 320 g/mol. The van der Waals surface area contributed by atoms with Crippen LogP contribution in [0.15, 0.2) is 42.6 Å². The lowest BCUT2D eigenvalue weighted by molar-refractivity contribution is -0.676. The van der Waals surface area contributed by atoms with E-state index in [-0.39, 0.29) is 0 Å². The standard InChI is InChI=1S/C18H16N2.C2H4O2/c1-11-13-8-9-20(3)12(2)15(13)10-16-14-6-4-5-7-17(14)19-18(11)16;1-2(3)4/h4-10H,1-3H3;1H3,(H,3,4). The number of nitrogens with zero attached hydrogens (tertiary/aromatic N) is 1. The van der Waals surface area contributed by atoms with Crippen molar-refractivity contribution in [3.8, 4) is 0 Å². The maximum absolute atomic E-state index is 8.89. The van der Waals surface area contributed by atoms with E-state index in [9.17, 15) is 0 Å². The van der Waals surface area contributed by atoms with Crippen LogP contribution in [-0.4, -0.2) is 11.0 Å². The Hall–Kier alpha value is -2.88. The Kier molecular flexibility index (Phi) is 3.97. The van der Waals surface area contributed by atoms with Gasteiger partial charge in [-0.2, -0.15) is 0 Å². The largest absolute Gasteiger partial charge is 0.550 e. The summed E-state index contributed by atoms with van der Waals surface area (Å²) >= 11 is 0. The summed E-state index contributed by atoms with van der Waals surface area (Å²) in [6, 6.07) is 13.1. The van der Waals surface area contributed by atoms with Crippen molar-refractivity contribution in [2.24, 2.45) is 7.05 Å². The molecule has 0 aliphatic rings. The van der Waals surface area contributed by atoms with Crippen molar-refractivity contribution < 1.29 is 14.5 Å². The van der Waals surface area contributed by atoms with Gasteiger partial charge in [-0.25, -0.2) is 4.57 Å². The number of H-pyrrole nitrogens is 1. The van der Waals surface area contributed by atoms with Crippen LogP contribution >= 0.6 is 0 Å². The molecular weight excluding hydrogens is 300 g/mol. The van der Waals surface area contributed by atoms with Gasteiger partial charge in [0, 0.05) is 40.6 Å². The number of aryl methyl sites for hydroxylation is 3. The molecule has 0 aliphatic heterocycles. The number of hydrogen-bond acceptors (Lipinski definition) is 2. The molecule has 0 aliphatic carbocycles. The molecule has 0 bridgehead atoms. The number of aromatic nitrogens is 2. The summed E-state index contributed by atoms with van der Waals surface area (Å²) in [5.41, 5.74) is 5.10. The third kappa shape index (κ3) is 2.60. The smallest absolute Gasteiger partial charge is 0.185 e. The highest BCUT2D eigenvalue weighted by molar-refractivity contribution is 6.13. The number of hydrogen-bond donors (Lipinski definition) is 1. The second-order valence-corrected chi connectivity index (χ2v) is 6.06. The zero-order valence-corrected chi connectivity index (χ0v) is 14.3. The van der Waals surface area contributed by atoms with Gasteiger partial charge in [-0.3, -0.25) is 0 Å². The molecule has 4 heteroatoms. The van der Waals surface area contributed by atoms with Crippen molar-refractivity contribution in [3.63, 3.8) is 0 Å². The van der Waals surface area contributed by atoms with E-state index < -0.39 is 5.97 Å². The molecule has 2 heterocycles. The molecule has 4 aromatic rings. The molecule has 1 N–H and O–H groups in total. The van der Waals surface area contributed by atoms with Crippen molar-refractivity contribution >= 4 is 38.5 Å². The Labute approximate surface area is 140 Å². The lowest BCUT2D eigenvalue weighted by Crippen LogP contribution is -2.31. The number of carbonyl (C=O) groups is 1. The number of aliphatic carboxylic acids is 1. The minimum absolute atomic E-state index is 0.972. The van der Waals surface area contributed by atoms with Crippen LogP contribution in [0.5, 0.6) is 0 Å². The predicted octanol–water partition coefficient (Wildman–Crippen LogP) is 2.67. The third-order valence-electron chi connectivity index (χ3n) is 4.49. The third-order valence-corrected chi connectivity index (χ3v) is 4.49. The molecule has 0 amide bonds. The second-order valence-electron chi connectivity index (χ2n) is 6.06. The number of rotatable bonds is 0. The summed E-state index contributed by atoms with van der Waals surface area (Å²) < 4.78 is 2.18. The van der Waals surface area contributed by atoms with E-state index in [2.05, 4.69) is 73.0 Å². The summed E-state index contributed by atoms with van der Waals surface area (Å²) in [4.78, 5) is 12.5. The second kappa shape index (κ2) is 5.96. The molecule has 0 atom stereocenters. The van der Waals surface area contributed by atoms with Gasteiger partial charge >= 0.3 is 0 Å². The number of pyridine rings is 1. The van der Waals surface area contributed by atoms with E-state index in [0.717, 1.165) is 6.92 Å². The van der Waals surface area contributed by atoms with Gasteiger partial charge in [0.25, 0.3) is 0 Å². The maximum Gasteiger partial charge on any atom is 0.185 e. The van der Waals surface area contributed by atoms with Crippen LogP contribution in [0.4, 0.5) is 0 Å². The van der Waals surface area contributed by atoms with E-state index in [1.54, 1.807) is 0 Å². The first-order valence-electron chi connectivity index (χ1n) is 7.86. The Bertz CT molecular complexity index is 1070. The first kappa shape index (κ1) is 16.0. The highest BCUT2D eigenvalue weighted by Crippen LogP contribution is 2.33. The van der Waals surface area contributed by atoms with Crippen molar-refractivity contribution in [1.29, 1.82) is 0 Å². The highest BCUT2D eigenvalue weighted by Gasteiger charge is 2.14. The van der Waals surface area contributed by atoms with Crippen molar-refractivity contribution in [2.45, 2.75) is 20.8 Å². The number of nitrogens with one attached hydrogen (secondary N) is 1. The van der Waals surface area contributed by atoms with Crippen molar-refractivity contribution in [1.82, 2.24) is 4.98 Å². The molecule has 2 aromatic carbocycles. The van der Waals surface area contributed by atoms with Gasteiger partial charge in [-0.1, -0.05) is 18.2 Å². The molecule has 0 saturated carbocycles. The quantitative estimate of drug-likeness (QED) is 0.506. The average molecular weight is 320 g/mol. The Morgan fingerprint density at radius 1 is 1.04 bits per heavy atom. The molecule has 4 nitrogen and oxygen atoms in total. The molecule has 0 saturated heterocycles. The summed E-state index contributed by atoms with van der Waals surface area (Å²) in [6.45, 7) is 5.36. The van der Waals surface area contributed by atoms with E-state index in [4.69, 9.17) is 9.90 Å². The van der Waals surface area contributed by atoms with Crippen molar-refractivity contribution in [3.05, 3.63) is 53.9 Å². The molecular formula is C20H20N2O2. The molecule has 24 heavy (non-hydrogen) atoms. The van der Waals surface area contributed by atoms with Gasteiger partial charge in [0.2, 0.25) is 0 Å². The van der Waals surface area contributed by atoms with Crippen LogP contribution in [0.3, 0.4) is 0 Å². The summed E-state index contributed by atoms with van der Waals surface area (Å²) in [6.07, 6.45) is 2.14. The van der Waals surface area contributed by atoms with E-state index in [1.807, 2.05) is 0 Å². The lowest BCUT2D eigenvalue weighted by Gasteiger charge is -2.05. The number of benzene rings is 2. The van der Waals surface area contributed by atoms with E-state index in [0.29, 0.717) is 0 Å². The minimum atomic E-state index is -1.08. The van der Waals surface area contributed by atoms with E-state index >= 15 is 0 Å². The number of carbonyl (C=O) groups excluding carboxylic acids is 1. The average Bonchev–Trinajstić information content (AvgIpc) is 2.90. The van der Waals surface area contributed by atoms with Gasteiger partial charge in [-0.15, -0.1) is 0 Å². The van der Waals surface area contributed by atoms with Crippen LogP contribution in [-0.2, 0) is 11.8 Å². The normalized spacial score (nSPS) is 10.8. The van der Waals surface area contributed by atoms with Gasteiger partial charge in [0.1, 0.15) is 7.05 Å². The number of carboxylic acid groups (broad SMARTS) is 1. The van der Waals surface area contributed by atoms with Crippen LogP contribution in [0.1, 0.15) is 18.2 Å². The van der Waals surface area contributed by atoms with Gasteiger partial charge in [0.05, 0.1) is 5.52 Å². The minimum Gasteiger partial charge on any atom is -0.550 e. The molecule has 0 spiro atoms. The molecule has 4 rings (SSSR count). The van der Waals surface area contributed by atoms with Gasteiger partial charge in [0.15, 0.2) is 11.9 Å². The SMILES string of the molecule is CC(=O)[O-].Cc1c2cc[n+](C)c(C)c2cc2c1[nH]c1ccccc12. The van der Waals surface area contributed by atoms with Crippen LogP contribution in [0.25, 0.3) is 32.6 Å². The zero-order valence-electron chi connectivity index (χ0n) is 14.3. The van der Waals surface area contributed by atoms with Crippen molar-refractivity contribution in [2.75, 3.05) is 0 Å². The molecule has 0 unspecified atom stereocenters. The molecule has 0 fully saturated rings. The Balaban J connectivity index is 0.000000383. The fourth-order valence-electron chi connectivity index (χ4n) is 3.17. The van der Waals surface area contributed by atoms with Gasteiger partial charge < -0.3 is 14.9 Å². The topological polar surface area (TPSA) is 59.8 Å². The zero-order chi connectivity index (χ0) is 17.4. The Morgan fingerprint density at radius 3 is 2.42 bits per heavy atom. The van der Waals surface area contributed by atoms with Gasteiger partial charge in [-0.05, 0) is 36.9 Å². The number of para-hydroxylation sites is 1. The lowest BCUT2D eigenvalue weighted by atomic mass is 10.0. The Morgan fingerprint density at radius 2 is 1.71 bits per heavy atom. The number of carboxylic acids is 1. The van der Waals surface area contributed by atoms with E-state index in [1.165, 1.54) is 43.8 Å². The molecule has 0 radical (unpaired) electrons. The fourth-order valence-corrected chi connectivity index (χ4v) is 3.17. The first-order valence-corrected chi connectivity index (χ1v) is 7.86. The maximum atomic E-state index is 8.89. The first-order chi connectivity index (χ1) is 11.4. The summed E-state index contributed by atoms with van der Waals surface area (Å²) in [5.74, 6) is -1.08. The molecule has 122 valence electrons. The van der Waals surface area contributed by atoms with Crippen LogP contribution in [0.2, 0.25) is 0 Å². The predicted molar refractivity (Wildman–Crippen MR) is 94.6 cm³/mol. The van der Waals surface area contributed by atoms with Crippen LogP contribution < -0.4 is 9.67 Å². The fraction of sp³-hybridized carbons (Fsp3) is 0.200. The molecule has 2 aromatic heterocycles. The summed E-state index contributed by atoms with van der Waals surface area (Å²) in [5, 5.41) is 14.2. The number of fused-ring (bicyclic) bond motifs is 4. The van der Waals surface area contributed by atoms with Crippen LogP contribution in [0, 0.1) is 13.8 Å². The summed E-state index contributed by atoms with van der Waals surface area (Å²) in [7, 11) is 2.10.